The molecule has 0 atom stereocenters. The van der Waals surface area contributed by atoms with E-state index in [1.54, 1.807) is 19.1 Å². The van der Waals surface area contributed by atoms with Crippen LogP contribution in [0.3, 0.4) is 0 Å². The fourth-order valence-electron chi connectivity index (χ4n) is 2.48. The highest BCUT2D eigenvalue weighted by Gasteiger charge is 2.42. The van der Waals surface area contributed by atoms with Gasteiger partial charge in [0.05, 0.1) is 0 Å². The minimum Gasteiger partial charge on any atom is -0.321 e. The number of nitrogens with two attached hydrogens (primary N) is 1. The SMILES string of the molecule is Cc1c(F)cccc1C1(N)CCC(F)(F)CC1. The van der Waals surface area contributed by atoms with Crippen LogP contribution in [0, 0.1) is 12.7 Å². The van der Waals surface area contributed by atoms with Gasteiger partial charge in [-0.05, 0) is 37.0 Å². The maximum Gasteiger partial charge on any atom is 0.248 e. The number of rotatable bonds is 1. The second-order valence-electron chi connectivity index (χ2n) is 4.92. The van der Waals surface area contributed by atoms with E-state index < -0.39 is 11.5 Å². The Bertz CT molecular complexity index is 419. The van der Waals surface area contributed by atoms with E-state index in [9.17, 15) is 13.2 Å². The van der Waals surface area contributed by atoms with Crippen molar-refractivity contribution >= 4 is 0 Å². The predicted octanol–water partition coefficient (Wildman–Crippen LogP) is 3.50. The van der Waals surface area contributed by atoms with Gasteiger partial charge in [0.15, 0.2) is 0 Å². The van der Waals surface area contributed by atoms with Gasteiger partial charge in [0.1, 0.15) is 5.82 Å². The molecule has 94 valence electrons. The van der Waals surface area contributed by atoms with Crippen LogP contribution in [-0.2, 0) is 5.54 Å². The van der Waals surface area contributed by atoms with Gasteiger partial charge in [0.2, 0.25) is 5.92 Å². The van der Waals surface area contributed by atoms with Crippen molar-refractivity contribution in [2.24, 2.45) is 5.73 Å². The van der Waals surface area contributed by atoms with E-state index in [0.717, 1.165) is 0 Å². The van der Waals surface area contributed by atoms with Crippen molar-refractivity contribution in [3.63, 3.8) is 0 Å². The highest BCUT2D eigenvalue weighted by molar-refractivity contribution is 5.34. The number of benzene rings is 1. The normalized spacial score (nSPS) is 22.4. The summed E-state index contributed by atoms with van der Waals surface area (Å²) >= 11 is 0. The summed E-state index contributed by atoms with van der Waals surface area (Å²) in [4.78, 5) is 0. The van der Waals surface area contributed by atoms with Crippen molar-refractivity contribution in [2.75, 3.05) is 0 Å². The van der Waals surface area contributed by atoms with Gasteiger partial charge in [-0.1, -0.05) is 12.1 Å². The van der Waals surface area contributed by atoms with Gasteiger partial charge in [-0.3, -0.25) is 0 Å². The first-order valence-corrected chi connectivity index (χ1v) is 5.76. The van der Waals surface area contributed by atoms with Crippen LogP contribution in [0.5, 0.6) is 0 Å². The molecule has 0 unspecified atom stereocenters. The fourth-order valence-corrected chi connectivity index (χ4v) is 2.48. The van der Waals surface area contributed by atoms with Gasteiger partial charge in [0, 0.05) is 18.4 Å². The van der Waals surface area contributed by atoms with Crippen LogP contribution in [0.1, 0.15) is 36.8 Å². The summed E-state index contributed by atoms with van der Waals surface area (Å²) in [6, 6.07) is 4.68. The van der Waals surface area contributed by atoms with Crippen LogP contribution in [0.2, 0.25) is 0 Å². The molecule has 0 heterocycles. The number of halogens is 3. The first-order valence-electron chi connectivity index (χ1n) is 5.76. The smallest absolute Gasteiger partial charge is 0.248 e. The molecule has 0 radical (unpaired) electrons. The molecule has 1 aliphatic carbocycles. The molecule has 1 nitrogen and oxygen atoms in total. The van der Waals surface area contributed by atoms with E-state index in [2.05, 4.69) is 0 Å². The Morgan fingerprint density at radius 3 is 2.29 bits per heavy atom. The second-order valence-corrected chi connectivity index (χ2v) is 4.92. The zero-order valence-electron chi connectivity index (χ0n) is 9.77. The molecule has 0 spiro atoms. The van der Waals surface area contributed by atoms with Gasteiger partial charge in [-0.15, -0.1) is 0 Å². The molecule has 1 aliphatic rings. The molecule has 1 aromatic rings. The molecule has 2 rings (SSSR count). The van der Waals surface area contributed by atoms with Gasteiger partial charge in [-0.2, -0.15) is 0 Å². The molecule has 0 aromatic heterocycles. The van der Waals surface area contributed by atoms with E-state index >= 15 is 0 Å². The third-order valence-corrected chi connectivity index (χ3v) is 3.68. The Morgan fingerprint density at radius 2 is 1.71 bits per heavy atom. The second kappa shape index (κ2) is 4.02. The molecule has 17 heavy (non-hydrogen) atoms. The minimum atomic E-state index is -2.62. The first-order chi connectivity index (χ1) is 7.84. The lowest BCUT2D eigenvalue weighted by atomic mass is 9.74. The van der Waals surface area contributed by atoms with Crippen LogP contribution in [0.15, 0.2) is 18.2 Å². The van der Waals surface area contributed by atoms with Crippen molar-refractivity contribution in [3.8, 4) is 0 Å². The quantitative estimate of drug-likeness (QED) is 0.802. The first kappa shape index (κ1) is 12.4. The predicted molar refractivity (Wildman–Crippen MR) is 60.4 cm³/mol. The molecular weight excluding hydrogens is 227 g/mol. The van der Waals surface area contributed by atoms with Crippen molar-refractivity contribution in [3.05, 3.63) is 35.1 Å². The van der Waals surface area contributed by atoms with Crippen molar-refractivity contribution in [1.29, 1.82) is 0 Å². The molecule has 0 saturated heterocycles. The highest BCUT2D eigenvalue weighted by atomic mass is 19.3. The molecule has 1 aromatic carbocycles. The average molecular weight is 243 g/mol. The summed E-state index contributed by atoms with van der Waals surface area (Å²) in [6.45, 7) is 1.64. The third-order valence-electron chi connectivity index (χ3n) is 3.68. The Kier molecular flexibility index (Phi) is 2.94. The average Bonchev–Trinajstić information content (AvgIpc) is 2.27. The lowest BCUT2D eigenvalue weighted by Crippen LogP contribution is -2.44. The maximum absolute atomic E-state index is 13.5. The number of alkyl halides is 2. The van der Waals surface area contributed by atoms with Gasteiger partial charge in [-0.25, -0.2) is 13.2 Å². The Morgan fingerprint density at radius 1 is 1.12 bits per heavy atom. The van der Waals surface area contributed by atoms with E-state index in [4.69, 9.17) is 5.73 Å². The molecule has 2 N–H and O–H groups in total. The summed E-state index contributed by atoms with van der Waals surface area (Å²) in [5, 5.41) is 0. The topological polar surface area (TPSA) is 26.0 Å². The monoisotopic (exact) mass is 243 g/mol. The molecule has 1 fully saturated rings. The van der Waals surface area contributed by atoms with Crippen LogP contribution in [0.4, 0.5) is 13.2 Å². The van der Waals surface area contributed by atoms with E-state index in [1.807, 2.05) is 0 Å². The van der Waals surface area contributed by atoms with Crippen LogP contribution < -0.4 is 5.73 Å². The summed E-state index contributed by atoms with van der Waals surface area (Å²) < 4.78 is 39.7. The summed E-state index contributed by atoms with van der Waals surface area (Å²) in [7, 11) is 0. The summed E-state index contributed by atoms with van der Waals surface area (Å²) in [6.07, 6.45) is -0.0481. The summed E-state index contributed by atoms with van der Waals surface area (Å²) in [5.74, 6) is -2.95. The molecule has 1 saturated carbocycles. The van der Waals surface area contributed by atoms with Crippen LogP contribution >= 0.6 is 0 Å². The highest BCUT2D eigenvalue weighted by Crippen LogP contribution is 2.43. The molecule has 0 bridgehead atoms. The largest absolute Gasteiger partial charge is 0.321 e. The van der Waals surface area contributed by atoms with E-state index in [-0.39, 0.29) is 31.5 Å². The maximum atomic E-state index is 13.5. The standard InChI is InChI=1S/C13H16F3N/c1-9-10(3-2-4-11(9)14)12(17)5-7-13(15,16)8-6-12/h2-4H,5-8,17H2,1H3. The number of hydrogen-bond acceptors (Lipinski definition) is 1. The lowest BCUT2D eigenvalue weighted by molar-refractivity contribution is -0.0515. The molecule has 0 aliphatic heterocycles. The van der Waals surface area contributed by atoms with Crippen molar-refractivity contribution in [1.82, 2.24) is 0 Å². The third kappa shape index (κ3) is 2.32. The Balaban J connectivity index is 2.31. The van der Waals surface area contributed by atoms with Crippen molar-refractivity contribution in [2.45, 2.75) is 44.1 Å². The van der Waals surface area contributed by atoms with Gasteiger partial charge >= 0.3 is 0 Å². The van der Waals surface area contributed by atoms with E-state index in [0.29, 0.717) is 11.1 Å². The van der Waals surface area contributed by atoms with Crippen LogP contribution in [-0.4, -0.2) is 5.92 Å². The minimum absolute atomic E-state index is 0.199. The fraction of sp³-hybridized carbons (Fsp3) is 0.538. The lowest BCUT2D eigenvalue weighted by Gasteiger charge is -2.38. The van der Waals surface area contributed by atoms with Gasteiger partial charge < -0.3 is 5.73 Å². The number of hydrogen-bond donors (Lipinski definition) is 1. The Labute approximate surface area is 98.8 Å². The van der Waals surface area contributed by atoms with Gasteiger partial charge in [0.25, 0.3) is 0 Å². The zero-order valence-corrected chi connectivity index (χ0v) is 9.77. The summed E-state index contributed by atoms with van der Waals surface area (Å²) in [5.41, 5.74) is 6.49. The Hall–Kier alpha value is -1.03. The van der Waals surface area contributed by atoms with Crippen LogP contribution in [0.25, 0.3) is 0 Å². The molecular formula is C13H16F3N. The molecule has 4 heteroatoms. The van der Waals surface area contributed by atoms with E-state index in [1.165, 1.54) is 6.07 Å². The van der Waals surface area contributed by atoms with Crippen molar-refractivity contribution < 1.29 is 13.2 Å². The molecule has 0 amide bonds. The zero-order chi connectivity index (χ0) is 12.7.